The van der Waals surface area contributed by atoms with Gasteiger partial charge in [0.1, 0.15) is 0 Å². The summed E-state index contributed by atoms with van der Waals surface area (Å²) in [5.74, 6) is 6.81. The average Bonchev–Trinajstić information content (AvgIpc) is 2.59. The van der Waals surface area contributed by atoms with Gasteiger partial charge in [0.05, 0.1) is 17.7 Å². The fourth-order valence-electron chi connectivity index (χ4n) is 2.96. The summed E-state index contributed by atoms with van der Waals surface area (Å²) in [5.41, 5.74) is 1.71. The predicted octanol–water partition coefficient (Wildman–Crippen LogP) is 4.34. The normalized spacial score (nSPS) is 16.4. The molecule has 1 aromatic rings. The van der Waals surface area contributed by atoms with Crippen LogP contribution in [-0.2, 0) is 0 Å². The van der Waals surface area contributed by atoms with Crippen molar-refractivity contribution in [1.82, 2.24) is 4.90 Å². The molecule has 2 heteroatoms. The molecule has 1 unspecified atom stereocenters. The minimum absolute atomic E-state index is 0.391. The van der Waals surface area contributed by atoms with Crippen LogP contribution in [0.5, 0.6) is 0 Å². The zero-order valence-corrected chi connectivity index (χ0v) is 13.6. The van der Waals surface area contributed by atoms with Gasteiger partial charge in [0.25, 0.3) is 0 Å². The second-order valence-corrected chi connectivity index (χ2v) is 6.07. The quantitative estimate of drug-likeness (QED) is 0.596. The van der Waals surface area contributed by atoms with Gasteiger partial charge >= 0.3 is 0 Å². The van der Waals surface area contributed by atoms with Gasteiger partial charge in [-0.25, -0.2) is 0 Å². The molecule has 2 rings (SSSR count). The van der Waals surface area contributed by atoms with Crippen molar-refractivity contribution in [3.63, 3.8) is 0 Å². The van der Waals surface area contributed by atoms with Crippen molar-refractivity contribution >= 4 is 0 Å². The number of piperidine rings is 1. The molecule has 2 nitrogen and oxygen atoms in total. The van der Waals surface area contributed by atoms with Crippen LogP contribution in [0.4, 0.5) is 0 Å². The standard InChI is InChI=1S/C20H26N2/c1-2-3-5-8-20(22-15-6-4-7-16-22)14-13-18-9-11-19(17-21)12-10-18/h9-12,20H,2-8,15-16H2,1H3. The molecule has 1 aliphatic rings. The first-order valence-electron chi connectivity index (χ1n) is 8.59. The van der Waals surface area contributed by atoms with Crippen LogP contribution < -0.4 is 0 Å². The van der Waals surface area contributed by atoms with E-state index in [1.807, 2.05) is 24.3 Å². The van der Waals surface area contributed by atoms with Gasteiger partial charge in [0.2, 0.25) is 0 Å². The number of rotatable bonds is 5. The summed E-state index contributed by atoms with van der Waals surface area (Å²) in [6.45, 7) is 4.63. The van der Waals surface area contributed by atoms with Gasteiger partial charge in [0.15, 0.2) is 0 Å². The molecular formula is C20H26N2. The van der Waals surface area contributed by atoms with Gasteiger partial charge in [-0.1, -0.05) is 44.4 Å². The Balaban J connectivity index is 2.03. The Bertz CT molecular complexity index is 536. The molecule has 0 N–H and O–H groups in total. The number of hydrogen-bond donors (Lipinski definition) is 0. The SMILES string of the molecule is CCCCCC(C#Cc1ccc(C#N)cc1)N1CCCCC1. The van der Waals surface area contributed by atoms with E-state index >= 15 is 0 Å². The molecule has 0 radical (unpaired) electrons. The molecule has 1 saturated heterocycles. The summed E-state index contributed by atoms with van der Waals surface area (Å²) in [4.78, 5) is 2.57. The van der Waals surface area contributed by atoms with E-state index in [2.05, 4.69) is 29.7 Å². The Labute approximate surface area is 135 Å². The molecule has 0 aliphatic carbocycles. The van der Waals surface area contributed by atoms with E-state index in [1.54, 1.807) is 0 Å². The molecule has 0 aromatic heterocycles. The molecule has 22 heavy (non-hydrogen) atoms. The molecule has 0 spiro atoms. The zero-order valence-electron chi connectivity index (χ0n) is 13.6. The Hall–Kier alpha value is -1.77. The van der Waals surface area contributed by atoms with Crippen molar-refractivity contribution in [2.75, 3.05) is 13.1 Å². The highest BCUT2D eigenvalue weighted by molar-refractivity contribution is 5.40. The lowest BCUT2D eigenvalue weighted by Crippen LogP contribution is -2.38. The summed E-state index contributed by atoms with van der Waals surface area (Å²) in [6, 6.07) is 10.1. The van der Waals surface area contributed by atoms with Gasteiger partial charge in [0, 0.05) is 5.56 Å². The van der Waals surface area contributed by atoms with Crippen molar-refractivity contribution in [3.8, 4) is 17.9 Å². The number of unbranched alkanes of at least 4 members (excludes halogenated alkanes) is 2. The van der Waals surface area contributed by atoms with Crippen LogP contribution >= 0.6 is 0 Å². The monoisotopic (exact) mass is 294 g/mol. The Morgan fingerprint density at radius 1 is 1.05 bits per heavy atom. The van der Waals surface area contributed by atoms with Crippen molar-refractivity contribution in [2.24, 2.45) is 0 Å². The topological polar surface area (TPSA) is 27.0 Å². The lowest BCUT2D eigenvalue weighted by molar-refractivity contribution is 0.187. The maximum absolute atomic E-state index is 8.84. The van der Waals surface area contributed by atoms with Crippen LogP contribution in [0.15, 0.2) is 24.3 Å². The number of hydrogen-bond acceptors (Lipinski definition) is 2. The molecule has 0 saturated carbocycles. The first kappa shape index (κ1) is 16.6. The lowest BCUT2D eigenvalue weighted by atomic mass is 10.0. The van der Waals surface area contributed by atoms with Gasteiger partial charge in [-0.3, -0.25) is 4.90 Å². The minimum Gasteiger partial charge on any atom is -0.290 e. The lowest BCUT2D eigenvalue weighted by Gasteiger charge is -2.31. The summed E-state index contributed by atoms with van der Waals surface area (Å²) >= 11 is 0. The molecule has 1 atom stereocenters. The molecule has 1 heterocycles. The molecule has 1 aliphatic heterocycles. The molecule has 1 aromatic carbocycles. The first-order chi connectivity index (χ1) is 10.8. The Morgan fingerprint density at radius 3 is 2.36 bits per heavy atom. The fraction of sp³-hybridized carbons (Fsp3) is 0.550. The smallest absolute Gasteiger partial charge is 0.0991 e. The predicted molar refractivity (Wildman–Crippen MR) is 91.4 cm³/mol. The van der Waals surface area contributed by atoms with Crippen molar-refractivity contribution in [2.45, 2.75) is 57.9 Å². The van der Waals surface area contributed by atoms with E-state index in [4.69, 9.17) is 5.26 Å². The number of nitriles is 1. The van der Waals surface area contributed by atoms with Gasteiger partial charge < -0.3 is 0 Å². The van der Waals surface area contributed by atoms with Crippen molar-refractivity contribution in [1.29, 1.82) is 5.26 Å². The summed E-state index contributed by atoms with van der Waals surface area (Å²) in [6.07, 6.45) is 8.97. The Morgan fingerprint density at radius 2 is 1.73 bits per heavy atom. The van der Waals surface area contributed by atoms with E-state index in [0.29, 0.717) is 11.6 Å². The van der Waals surface area contributed by atoms with Crippen molar-refractivity contribution in [3.05, 3.63) is 35.4 Å². The minimum atomic E-state index is 0.391. The van der Waals surface area contributed by atoms with E-state index in [1.165, 1.54) is 58.0 Å². The second kappa shape index (κ2) is 9.29. The van der Waals surface area contributed by atoms with E-state index < -0.39 is 0 Å². The van der Waals surface area contributed by atoms with Gasteiger partial charge in [-0.05, 0) is 56.6 Å². The van der Waals surface area contributed by atoms with Gasteiger partial charge in [-0.15, -0.1) is 0 Å². The second-order valence-electron chi connectivity index (χ2n) is 6.07. The van der Waals surface area contributed by atoms with Crippen LogP contribution in [0.1, 0.15) is 63.0 Å². The molecular weight excluding hydrogens is 268 g/mol. The largest absolute Gasteiger partial charge is 0.290 e. The zero-order chi connectivity index (χ0) is 15.6. The average molecular weight is 294 g/mol. The number of nitrogens with zero attached hydrogens (tertiary/aromatic N) is 2. The molecule has 116 valence electrons. The summed E-state index contributed by atoms with van der Waals surface area (Å²) in [5, 5.41) is 8.84. The van der Waals surface area contributed by atoms with E-state index in [9.17, 15) is 0 Å². The first-order valence-corrected chi connectivity index (χ1v) is 8.59. The highest BCUT2D eigenvalue weighted by atomic mass is 15.2. The number of benzene rings is 1. The fourth-order valence-corrected chi connectivity index (χ4v) is 2.96. The van der Waals surface area contributed by atoms with Crippen LogP contribution in [0.3, 0.4) is 0 Å². The third-order valence-electron chi connectivity index (χ3n) is 4.31. The van der Waals surface area contributed by atoms with Crippen LogP contribution in [0.2, 0.25) is 0 Å². The molecule has 0 bridgehead atoms. The highest BCUT2D eigenvalue weighted by Gasteiger charge is 2.18. The summed E-state index contributed by atoms with van der Waals surface area (Å²) in [7, 11) is 0. The molecule has 0 amide bonds. The van der Waals surface area contributed by atoms with Crippen molar-refractivity contribution < 1.29 is 0 Å². The van der Waals surface area contributed by atoms with E-state index in [0.717, 1.165) is 5.56 Å². The van der Waals surface area contributed by atoms with Crippen LogP contribution in [0, 0.1) is 23.2 Å². The maximum atomic E-state index is 8.84. The third-order valence-corrected chi connectivity index (χ3v) is 4.31. The number of likely N-dealkylation sites (tertiary alicyclic amines) is 1. The Kier molecular flexibility index (Phi) is 7.01. The highest BCUT2D eigenvalue weighted by Crippen LogP contribution is 2.16. The summed E-state index contributed by atoms with van der Waals surface area (Å²) < 4.78 is 0. The maximum Gasteiger partial charge on any atom is 0.0991 e. The van der Waals surface area contributed by atoms with Crippen LogP contribution in [0.25, 0.3) is 0 Å². The van der Waals surface area contributed by atoms with Gasteiger partial charge in [-0.2, -0.15) is 5.26 Å². The van der Waals surface area contributed by atoms with Crippen LogP contribution in [-0.4, -0.2) is 24.0 Å². The molecule has 1 fully saturated rings. The third kappa shape index (κ3) is 5.21. The van der Waals surface area contributed by atoms with E-state index in [-0.39, 0.29) is 0 Å².